The largest absolute Gasteiger partial charge is 0.412 e. The molecule has 5 nitrogen and oxygen atoms in total. The van der Waals surface area contributed by atoms with E-state index in [-0.39, 0.29) is 22.7 Å². The number of thioether (sulfide) groups is 1. The molecule has 1 amide bonds. The van der Waals surface area contributed by atoms with E-state index in [0.717, 1.165) is 16.9 Å². The number of rotatable bonds is 7. The van der Waals surface area contributed by atoms with Gasteiger partial charge in [0.15, 0.2) is 5.13 Å². The Balaban J connectivity index is 0.00000225. The molecule has 3 rings (SSSR count). The van der Waals surface area contributed by atoms with Crippen LogP contribution in [-0.4, -0.2) is 27.6 Å². The number of halogens is 1. The fraction of sp³-hybridized carbons (Fsp3) is 0.182. The predicted octanol–water partition coefficient (Wildman–Crippen LogP) is 4.70. The maximum atomic E-state index is 13.0. The molecule has 2 aromatic carbocycles. The van der Waals surface area contributed by atoms with Crippen LogP contribution in [0.1, 0.15) is 19.4 Å². The molecule has 0 saturated heterocycles. The standard InChI is InChI=1S/C22H21FN2OS2.2H2O/c1-15(2)13-27-19-10-3-16(4-11-19)5-12-21(26)25-22-24-20(14-28-22)17-6-8-18(23)9-7-17;;/h3-12,14-15H,13H2,1-2H3,(H,24,25,26);2*1H2/b12-5+;;. The third-order valence-corrected chi connectivity index (χ3v) is 5.96. The van der Waals surface area contributed by atoms with Gasteiger partial charge in [-0.25, -0.2) is 9.37 Å². The van der Waals surface area contributed by atoms with Gasteiger partial charge in [0.1, 0.15) is 5.82 Å². The fourth-order valence-electron chi connectivity index (χ4n) is 2.34. The van der Waals surface area contributed by atoms with Crippen molar-refractivity contribution < 1.29 is 20.1 Å². The third-order valence-electron chi connectivity index (χ3n) is 3.76. The summed E-state index contributed by atoms with van der Waals surface area (Å²) in [5.41, 5.74) is 2.48. The molecule has 3 aromatic rings. The first-order valence-corrected chi connectivity index (χ1v) is 10.8. The zero-order valence-electron chi connectivity index (χ0n) is 16.7. The molecule has 0 spiro atoms. The van der Waals surface area contributed by atoms with Gasteiger partial charge in [-0.2, -0.15) is 0 Å². The average Bonchev–Trinajstić information content (AvgIpc) is 3.14. The Kier molecular flexibility index (Phi) is 10.4. The van der Waals surface area contributed by atoms with Gasteiger partial charge in [0.25, 0.3) is 0 Å². The molecule has 0 unspecified atom stereocenters. The fourth-order valence-corrected chi connectivity index (χ4v) is 3.92. The summed E-state index contributed by atoms with van der Waals surface area (Å²) in [5.74, 6) is 1.22. The van der Waals surface area contributed by atoms with Crippen molar-refractivity contribution in [3.05, 3.63) is 71.4 Å². The second-order valence-corrected chi connectivity index (χ2v) is 8.59. The first kappa shape index (κ1) is 25.5. The number of hydrogen-bond donors (Lipinski definition) is 1. The number of carbonyl (C=O) groups excluding carboxylic acids is 1. The van der Waals surface area contributed by atoms with Gasteiger partial charge in [-0.15, -0.1) is 23.1 Å². The van der Waals surface area contributed by atoms with E-state index in [0.29, 0.717) is 16.7 Å². The van der Waals surface area contributed by atoms with E-state index in [9.17, 15) is 9.18 Å². The lowest BCUT2D eigenvalue weighted by molar-refractivity contribution is -0.111. The van der Waals surface area contributed by atoms with Crippen molar-refractivity contribution >= 4 is 40.2 Å². The zero-order chi connectivity index (χ0) is 19.9. The van der Waals surface area contributed by atoms with Gasteiger partial charge in [-0.3, -0.25) is 10.1 Å². The van der Waals surface area contributed by atoms with E-state index < -0.39 is 0 Å². The van der Waals surface area contributed by atoms with Gasteiger partial charge >= 0.3 is 0 Å². The summed E-state index contributed by atoms with van der Waals surface area (Å²) in [7, 11) is 0. The Bertz CT molecular complexity index is 955. The van der Waals surface area contributed by atoms with Crippen molar-refractivity contribution in [3.63, 3.8) is 0 Å². The molecule has 1 aromatic heterocycles. The number of nitrogens with one attached hydrogen (secondary N) is 1. The number of anilines is 1. The quantitative estimate of drug-likeness (QED) is 0.418. The van der Waals surface area contributed by atoms with Crippen LogP contribution < -0.4 is 5.32 Å². The van der Waals surface area contributed by atoms with E-state index in [1.807, 2.05) is 29.3 Å². The lowest BCUT2D eigenvalue weighted by atomic mass is 10.2. The molecular weight excluding hydrogens is 423 g/mol. The molecule has 160 valence electrons. The number of nitrogens with zero attached hydrogens (tertiary/aromatic N) is 1. The normalized spacial score (nSPS) is 10.5. The Labute approximate surface area is 183 Å². The van der Waals surface area contributed by atoms with Gasteiger partial charge in [0.2, 0.25) is 5.91 Å². The Morgan fingerprint density at radius 3 is 2.43 bits per heavy atom. The molecule has 0 radical (unpaired) electrons. The number of benzene rings is 2. The lowest BCUT2D eigenvalue weighted by Crippen LogP contribution is -2.07. The SMILES string of the molecule is CC(C)CSc1ccc(/C=C/C(=O)Nc2nc(-c3ccc(F)cc3)cs2)cc1.O.O. The van der Waals surface area contributed by atoms with Gasteiger partial charge in [-0.05, 0) is 54.0 Å². The molecular formula is C22H25FN2O3S2. The number of hydrogen-bond acceptors (Lipinski definition) is 4. The predicted molar refractivity (Wildman–Crippen MR) is 124 cm³/mol. The van der Waals surface area contributed by atoms with Crippen molar-refractivity contribution in [3.8, 4) is 11.3 Å². The maximum Gasteiger partial charge on any atom is 0.250 e. The van der Waals surface area contributed by atoms with Crippen molar-refractivity contribution in [1.82, 2.24) is 4.98 Å². The summed E-state index contributed by atoms with van der Waals surface area (Å²) in [6.07, 6.45) is 3.27. The molecule has 0 aliphatic carbocycles. The van der Waals surface area contributed by atoms with Crippen LogP contribution in [0.2, 0.25) is 0 Å². The molecule has 30 heavy (non-hydrogen) atoms. The summed E-state index contributed by atoms with van der Waals surface area (Å²) in [4.78, 5) is 17.7. The summed E-state index contributed by atoms with van der Waals surface area (Å²) < 4.78 is 13.0. The first-order valence-electron chi connectivity index (χ1n) is 8.93. The van der Waals surface area contributed by atoms with E-state index >= 15 is 0 Å². The average molecular weight is 449 g/mol. The number of aromatic nitrogens is 1. The van der Waals surface area contributed by atoms with Crippen molar-refractivity contribution in [2.45, 2.75) is 18.7 Å². The van der Waals surface area contributed by atoms with E-state index in [4.69, 9.17) is 0 Å². The Morgan fingerprint density at radius 1 is 1.13 bits per heavy atom. The highest BCUT2D eigenvalue weighted by molar-refractivity contribution is 7.99. The van der Waals surface area contributed by atoms with Gasteiger partial charge in [0.05, 0.1) is 5.69 Å². The van der Waals surface area contributed by atoms with E-state index in [2.05, 4.69) is 36.3 Å². The minimum absolute atomic E-state index is 0. The van der Waals surface area contributed by atoms with Crippen LogP contribution in [0.25, 0.3) is 17.3 Å². The van der Waals surface area contributed by atoms with Crippen LogP contribution in [-0.2, 0) is 4.79 Å². The van der Waals surface area contributed by atoms with Crippen LogP contribution in [0.4, 0.5) is 9.52 Å². The second-order valence-electron chi connectivity index (χ2n) is 6.64. The minimum Gasteiger partial charge on any atom is -0.412 e. The Hall–Kier alpha value is -2.52. The monoisotopic (exact) mass is 448 g/mol. The smallest absolute Gasteiger partial charge is 0.250 e. The second kappa shape index (κ2) is 12.2. The summed E-state index contributed by atoms with van der Waals surface area (Å²) in [6, 6.07) is 14.3. The summed E-state index contributed by atoms with van der Waals surface area (Å²) in [6.45, 7) is 4.40. The van der Waals surface area contributed by atoms with Crippen molar-refractivity contribution in [2.75, 3.05) is 11.1 Å². The highest BCUT2D eigenvalue weighted by Gasteiger charge is 2.06. The van der Waals surface area contributed by atoms with Gasteiger partial charge in [-0.1, -0.05) is 26.0 Å². The zero-order valence-corrected chi connectivity index (χ0v) is 18.3. The van der Waals surface area contributed by atoms with Crippen LogP contribution in [0.5, 0.6) is 0 Å². The molecule has 0 bridgehead atoms. The molecule has 0 fully saturated rings. The molecule has 1 heterocycles. The first-order chi connectivity index (χ1) is 13.5. The van der Waals surface area contributed by atoms with Gasteiger partial charge < -0.3 is 11.0 Å². The third kappa shape index (κ3) is 7.72. The number of carbonyl (C=O) groups is 1. The van der Waals surface area contributed by atoms with Crippen molar-refractivity contribution in [2.24, 2.45) is 5.92 Å². The molecule has 0 aliphatic heterocycles. The van der Waals surface area contributed by atoms with Crippen LogP contribution >= 0.6 is 23.1 Å². The maximum absolute atomic E-state index is 13.0. The van der Waals surface area contributed by atoms with Crippen LogP contribution in [0, 0.1) is 11.7 Å². The van der Waals surface area contributed by atoms with E-state index in [1.165, 1.54) is 34.4 Å². The topological polar surface area (TPSA) is 105 Å². The van der Waals surface area contributed by atoms with E-state index in [1.54, 1.807) is 18.2 Å². The summed E-state index contributed by atoms with van der Waals surface area (Å²) >= 11 is 3.17. The molecule has 0 aliphatic rings. The van der Waals surface area contributed by atoms with Crippen LogP contribution in [0.15, 0.2) is 64.9 Å². The molecule has 0 atom stereocenters. The Morgan fingerprint density at radius 2 is 1.80 bits per heavy atom. The number of amides is 1. The van der Waals surface area contributed by atoms with Gasteiger partial charge in [0, 0.05) is 27.7 Å². The number of thiazole rings is 1. The van der Waals surface area contributed by atoms with Crippen LogP contribution in [0.3, 0.4) is 0 Å². The summed E-state index contributed by atoms with van der Waals surface area (Å²) in [5, 5.41) is 5.10. The lowest BCUT2D eigenvalue weighted by Gasteiger charge is -2.04. The highest BCUT2D eigenvalue weighted by Crippen LogP contribution is 2.25. The molecule has 8 heteroatoms. The van der Waals surface area contributed by atoms with Crippen molar-refractivity contribution in [1.29, 1.82) is 0 Å². The highest BCUT2D eigenvalue weighted by atomic mass is 32.2. The minimum atomic E-state index is -0.288. The molecule has 5 N–H and O–H groups in total. The molecule has 0 saturated carbocycles.